The molecule has 2 N–H and O–H groups in total. The lowest BCUT2D eigenvalue weighted by Gasteiger charge is -2.08. The number of benzene rings is 2. The van der Waals surface area contributed by atoms with Gasteiger partial charge in [-0.1, -0.05) is 42.5 Å². The van der Waals surface area contributed by atoms with Crippen LogP contribution in [0.4, 0.5) is 13.2 Å². The summed E-state index contributed by atoms with van der Waals surface area (Å²) in [5.41, 5.74) is 5.16. The molecular formula is C21H20F3N3O2. The van der Waals surface area contributed by atoms with E-state index in [0.717, 1.165) is 27.8 Å². The van der Waals surface area contributed by atoms with Crippen LogP contribution in [0.25, 0.3) is 22.4 Å². The molecule has 0 saturated carbocycles. The SMILES string of the molecule is Cc1cc(-c2ccc(-c3cc(C(=O)NCC(F)(F)F)nn3C)cc2)ccc1CO. The number of carbonyl (C=O) groups excluding carboxylic acids is 1. The Kier molecular flexibility index (Phi) is 5.74. The summed E-state index contributed by atoms with van der Waals surface area (Å²) in [5.74, 6) is -0.875. The fourth-order valence-corrected chi connectivity index (χ4v) is 3.01. The molecule has 0 bridgehead atoms. The minimum absolute atomic E-state index is 0.00950. The molecule has 0 aliphatic carbocycles. The highest BCUT2D eigenvalue weighted by molar-refractivity contribution is 5.93. The first kappa shape index (κ1) is 20.6. The molecule has 152 valence electrons. The second-order valence-corrected chi connectivity index (χ2v) is 6.71. The first-order valence-electron chi connectivity index (χ1n) is 8.88. The van der Waals surface area contributed by atoms with Crippen LogP contribution in [0.15, 0.2) is 48.5 Å². The minimum atomic E-state index is -4.48. The van der Waals surface area contributed by atoms with Crippen LogP contribution in [-0.2, 0) is 13.7 Å². The summed E-state index contributed by atoms with van der Waals surface area (Å²) in [7, 11) is 1.63. The van der Waals surface area contributed by atoms with E-state index in [1.807, 2.05) is 54.7 Å². The number of aliphatic hydroxyl groups excluding tert-OH is 1. The van der Waals surface area contributed by atoms with Crippen molar-refractivity contribution in [3.05, 3.63) is 65.4 Å². The molecule has 0 aliphatic heterocycles. The Labute approximate surface area is 165 Å². The van der Waals surface area contributed by atoms with Crippen LogP contribution >= 0.6 is 0 Å². The molecule has 29 heavy (non-hydrogen) atoms. The van der Waals surface area contributed by atoms with E-state index in [1.54, 1.807) is 7.05 Å². The molecule has 0 aliphatic rings. The number of halogens is 3. The van der Waals surface area contributed by atoms with E-state index in [-0.39, 0.29) is 12.3 Å². The van der Waals surface area contributed by atoms with Crippen LogP contribution in [0.1, 0.15) is 21.6 Å². The van der Waals surface area contributed by atoms with E-state index < -0.39 is 18.6 Å². The number of amides is 1. The Hall–Kier alpha value is -3.13. The summed E-state index contributed by atoms with van der Waals surface area (Å²) in [4.78, 5) is 11.9. The maximum Gasteiger partial charge on any atom is 0.405 e. The number of aliphatic hydroxyl groups is 1. The molecule has 0 unspecified atom stereocenters. The Morgan fingerprint density at radius 2 is 1.69 bits per heavy atom. The van der Waals surface area contributed by atoms with E-state index in [2.05, 4.69) is 5.10 Å². The Morgan fingerprint density at radius 1 is 1.07 bits per heavy atom. The van der Waals surface area contributed by atoms with Gasteiger partial charge >= 0.3 is 6.18 Å². The highest BCUT2D eigenvalue weighted by Crippen LogP contribution is 2.27. The van der Waals surface area contributed by atoms with Gasteiger partial charge in [0.15, 0.2) is 5.69 Å². The largest absolute Gasteiger partial charge is 0.405 e. The lowest BCUT2D eigenvalue weighted by Crippen LogP contribution is -2.33. The molecule has 0 atom stereocenters. The summed E-state index contributed by atoms with van der Waals surface area (Å²) >= 11 is 0. The number of nitrogens with one attached hydrogen (secondary N) is 1. The lowest BCUT2D eigenvalue weighted by atomic mass is 9.99. The van der Waals surface area contributed by atoms with E-state index in [1.165, 1.54) is 10.7 Å². The molecule has 3 rings (SSSR count). The van der Waals surface area contributed by atoms with Crippen molar-refractivity contribution in [2.75, 3.05) is 6.54 Å². The number of nitrogens with zero attached hydrogens (tertiary/aromatic N) is 2. The van der Waals surface area contributed by atoms with Gasteiger partial charge in [-0.15, -0.1) is 0 Å². The topological polar surface area (TPSA) is 67.2 Å². The molecule has 0 spiro atoms. The van der Waals surface area contributed by atoms with E-state index in [9.17, 15) is 23.1 Å². The molecule has 0 radical (unpaired) electrons. The summed E-state index contributed by atoms with van der Waals surface area (Å²) in [6, 6.07) is 14.8. The fourth-order valence-electron chi connectivity index (χ4n) is 3.01. The summed E-state index contributed by atoms with van der Waals surface area (Å²) in [6.07, 6.45) is -4.48. The normalized spacial score (nSPS) is 11.5. The van der Waals surface area contributed by atoms with Crippen LogP contribution < -0.4 is 5.32 Å². The van der Waals surface area contributed by atoms with Crippen LogP contribution in [0.3, 0.4) is 0 Å². The van der Waals surface area contributed by atoms with Crippen molar-refractivity contribution < 1.29 is 23.1 Å². The molecule has 3 aromatic rings. The van der Waals surface area contributed by atoms with Gasteiger partial charge in [-0.25, -0.2) is 0 Å². The van der Waals surface area contributed by atoms with Crippen molar-refractivity contribution in [2.24, 2.45) is 7.05 Å². The first-order chi connectivity index (χ1) is 13.7. The molecule has 2 aromatic carbocycles. The zero-order chi connectivity index (χ0) is 21.2. The fraction of sp³-hybridized carbons (Fsp3) is 0.238. The van der Waals surface area contributed by atoms with Gasteiger partial charge in [0.25, 0.3) is 5.91 Å². The van der Waals surface area contributed by atoms with E-state index in [4.69, 9.17) is 0 Å². The third-order valence-corrected chi connectivity index (χ3v) is 4.59. The quantitative estimate of drug-likeness (QED) is 0.680. The number of carbonyl (C=O) groups is 1. The molecule has 1 amide bonds. The van der Waals surface area contributed by atoms with Crippen molar-refractivity contribution in [1.29, 1.82) is 0 Å². The van der Waals surface area contributed by atoms with Gasteiger partial charge in [-0.05, 0) is 40.8 Å². The summed E-state index contributed by atoms with van der Waals surface area (Å²) < 4.78 is 38.3. The van der Waals surface area contributed by atoms with Gasteiger partial charge in [-0.3, -0.25) is 9.48 Å². The van der Waals surface area contributed by atoms with Crippen molar-refractivity contribution in [3.8, 4) is 22.4 Å². The maximum absolute atomic E-state index is 12.3. The second-order valence-electron chi connectivity index (χ2n) is 6.71. The molecule has 1 aromatic heterocycles. The van der Waals surface area contributed by atoms with Gasteiger partial charge < -0.3 is 10.4 Å². The third kappa shape index (κ3) is 4.83. The molecule has 0 saturated heterocycles. The van der Waals surface area contributed by atoms with Gasteiger partial charge in [0.05, 0.1) is 12.3 Å². The smallest absolute Gasteiger partial charge is 0.392 e. The zero-order valence-corrected chi connectivity index (χ0v) is 15.9. The maximum atomic E-state index is 12.3. The van der Waals surface area contributed by atoms with E-state index in [0.29, 0.717) is 5.69 Å². The minimum Gasteiger partial charge on any atom is -0.392 e. The monoisotopic (exact) mass is 403 g/mol. The number of aryl methyl sites for hydroxylation is 2. The number of rotatable bonds is 5. The van der Waals surface area contributed by atoms with Crippen LogP contribution in [0, 0.1) is 6.92 Å². The predicted octanol–water partition coefficient (Wildman–Crippen LogP) is 3.85. The average molecular weight is 403 g/mol. The van der Waals surface area contributed by atoms with Crippen molar-refractivity contribution in [3.63, 3.8) is 0 Å². The average Bonchev–Trinajstić information content (AvgIpc) is 3.07. The van der Waals surface area contributed by atoms with Gasteiger partial charge in [0.2, 0.25) is 0 Å². The molecule has 1 heterocycles. The van der Waals surface area contributed by atoms with E-state index >= 15 is 0 Å². The van der Waals surface area contributed by atoms with Crippen LogP contribution in [0.2, 0.25) is 0 Å². The van der Waals surface area contributed by atoms with Crippen molar-refractivity contribution in [2.45, 2.75) is 19.7 Å². The summed E-state index contributed by atoms with van der Waals surface area (Å²) in [5, 5.41) is 15.1. The van der Waals surface area contributed by atoms with Crippen LogP contribution in [0.5, 0.6) is 0 Å². The number of hydrogen-bond acceptors (Lipinski definition) is 3. The number of alkyl halides is 3. The standard InChI is InChI=1S/C21H20F3N3O2/c1-13-9-16(7-8-17(13)11-28)14-3-5-15(6-4-14)19-10-18(26-27(19)2)20(29)25-12-21(22,23)24/h3-10,28H,11-12H2,1-2H3,(H,25,29). The Bertz CT molecular complexity index is 1020. The highest BCUT2D eigenvalue weighted by Gasteiger charge is 2.28. The predicted molar refractivity (Wildman–Crippen MR) is 103 cm³/mol. The lowest BCUT2D eigenvalue weighted by molar-refractivity contribution is -0.123. The highest BCUT2D eigenvalue weighted by atomic mass is 19.4. The Morgan fingerprint density at radius 3 is 2.28 bits per heavy atom. The van der Waals surface area contributed by atoms with Gasteiger partial charge in [0, 0.05) is 7.05 Å². The Balaban J connectivity index is 1.80. The van der Waals surface area contributed by atoms with Gasteiger partial charge in [-0.2, -0.15) is 18.3 Å². The first-order valence-corrected chi connectivity index (χ1v) is 8.88. The summed E-state index contributed by atoms with van der Waals surface area (Å²) in [6.45, 7) is 0.524. The molecule has 0 fully saturated rings. The third-order valence-electron chi connectivity index (χ3n) is 4.59. The zero-order valence-electron chi connectivity index (χ0n) is 15.9. The molecule has 8 heteroatoms. The molecule has 5 nitrogen and oxygen atoms in total. The van der Waals surface area contributed by atoms with Crippen LogP contribution in [-0.4, -0.2) is 33.5 Å². The number of hydrogen-bond donors (Lipinski definition) is 2. The van der Waals surface area contributed by atoms with Gasteiger partial charge in [0.1, 0.15) is 6.54 Å². The van der Waals surface area contributed by atoms with Crippen molar-refractivity contribution >= 4 is 5.91 Å². The number of aromatic nitrogens is 2. The molecular weight excluding hydrogens is 383 g/mol. The van der Waals surface area contributed by atoms with Crippen molar-refractivity contribution in [1.82, 2.24) is 15.1 Å². The second kappa shape index (κ2) is 8.08.